The monoisotopic (exact) mass is 196 g/mol. The summed E-state index contributed by atoms with van der Waals surface area (Å²) in [7, 11) is 0. The number of terminal acetylenes is 1. The molecule has 0 aliphatic carbocycles. The van der Waals surface area contributed by atoms with Gasteiger partial charge in [0.2, 0.25) is 5.91 Å². The van der Waals surface area contributed by atoms with Crippen molar-refractivity contribution < 1.29 is 4.79 Å². The summed E-state index contributed by atoms with van der Waals surface area (Å²) in [6.45, 7) is 4.62. The van der Waals surface area contributed by atoms with Crippen molar-refractivity contribution in [3.05, 3.63) is 0 Å². The Kier molecular flexibility index (Phi) is 6.87. The summed E-state index contributed by atoms with van der Waals surface area (Å²) in [6, 6.07) is -0.397. The molecule has 0 saturated carbocycles. The van der Waals surface area contributed by atoms with Gasteiger partial charge in [0.15, 0.2) is 0 Å². The van der Waals surface area contributed by atoms with Crippen molar-refractivity contribution in [2.75, 3.05) is 6.54 Å². The number of nitrogens with one attached hydrogen (secondary N) is 1. The minimum Gasteiger partial charge on any atom is -0.355 e. The molecule has 0 fully saturated rings. The Hall–Kier alpha value is -1.01. The molecule has 3 heteroatoms. The zero-order valence-electron chi connectivity index (χ0n) is 9.05. The molecule has 14 heavy (non-hydrogen) atoms. The second kappa shape index (κ2) is 7.40. The summed E-state index contributed by atoms with van der Waals surface area (Å²) >= 11 is 0. The van der Waals surface area contributed by atoms with E-state index in [1.807, 2.05) is 13.8 Å². The van der Waals surface area contributed by atoms with E-state index in [1.165, 1.54) is 0 Å². The van der Waals surface area contributed by atoms with Crippen LogP contribution in [0.3, 0.4) is 0 Å². The first-order valence-electron chi connectivity index (χ1n) is 5.10. The summed E-state index contributed by atoms with van der Waals surface area (Å²) in [5.74, 6) is 2.67. The predicted molar refractivity (Wildman–Crippen MR) is 58.5 cm³/mol. The molecular formula is C11H20N2O. The van der Waals surface area contributed by atoms with Crippen molar-refractivity contribution in [1.82, 2.24) is 5.32 Å². The Labute approximate surface area is 86.4 Å². The van der Waals surface area contributed by atoms with Gasteiger partial charge in [-0.25, -0.2) is 0 Å². The van der Waals surface area contributed by atoms with Crippen LogP contribution in [0.2, 0.25) is 0 Å². The molecule has 3 N–H and O–H groups in total. The second-order valence-electron chi connectivity index (χ2n) is 3.51. The van der Waals surface area contributed by atoms with Crippen LogP contribution in [0.4, 0.5) is 0 Å². The molecule has 80 valence electrons. The van der Waals surface area contributed by atoms with Gasteiger partial charge in [-0.3, -0.25) is 4.79 Å². The maximum absolute atomic E-state index is 11.4. The van der Waals surface area contributed by atoms with Crippen molar-refractivity contribution in [3.63, 3.8) is 0 Å². The van der Waals surface area contributed by atoms with Crippen LogP contribution in [-0.4, -0.2) is 18.5 Å². The lowest BCUT2D eigenvalue weighted by Crippen LogP contribution is -2.44. The molecule has 0 aromatic heterocycles. The fraction of sp³-hybridized carbons (Fsp3) is 0.727. The van der Waals surface area contributed by atoms with Crippen molar-refractivity contribution in [2.24, 2.45) is 11.7 Å². The Bertz CT molecular complexity index is 208. The Morgan fingerprint density at radius 3 is 2.79 bits per heavy atom. The topological polar surface area (TPSA) is 55.1 Å². The SMILES string of the molecule is C#CCCCNC(=O)[C@@H](N)C(C)CC. The highest BCUT2D eigenvalue weighted by atomic mass is 16.2. The Morgan fingerprint density at radius 1 is 1.64 bits per heavy atom. The highest BCUT2D eigenvalue weighted by molar-refractivity contribution is 5.81. The lowest BCUT2D eigenvalue weighted by Gasteiger charge is -2.17. The molecule has 0 heterocycles. The van der Waals surface area contributed by atoms with E-state index in [1.54, 1.807) is 0 Å². The molecule has 0 aromatic carbocycles. The van der Waals surface area contributed by atoms with Crippen LogP contribution in [0.1, 0.15) is 33.1 Å². The van der Waals surface area contributed by atoms with Gasteiger partial charge in [0, 0.05) is 13.0 Å². The van der Waals surface area contributed by atoms with Crippen molar-refractivity contribution >= 4 is 5.91 Å². The van der Waals surface area contributed by atoms with E-state index < -0.39 is 6.04 Å². The van der Waals surface area contributed by atoms with Gasteiger partial charge >= 0.3 is 0 Å². The third-order valence-electron chi connectivity index (χ3n) is 2.36. The lowest BCUT2D eigenvalue weighted by atomic mass is 9.99. The molecule has 0 bridgehead atoms. The van der Waals surface area contributed by atoms with E-state index in [4.69, 9.17) is 12.2 Å². The van der Waals surface area contributed by atoms with Gasteiger partial charge in [-0.05, 0) is 12.3 Å². The maximum atomic E-state index is 11.4. The maximum Gasteiger partial charge on any atom is 0.237 e. The van der Waals surface area contributed by atoms with Gasteiger partial charge in [0.1, 0.15) is 0 Å². The standard InChI is InChI=1S/C11H20N2O/c1-4-6-7-8-13-11(14)10(12)9(3)5-2/h1,9-10H,5-8,12H2,2-3H3,(H,13,14)/t9?,10-/m0/s1. The first kappa shape index (κ1) is 13.0. The van der Waals surface area contributed by atoms with E-state index in [0.29, 0.717) is 13.0 Å². The molecule has 0 saturated heterocycles. The third-order valence-corrected chi connectivity index (χ3v) is 2.36. The minimum absolute atomic E-state index is 0.0728. The van der Waals surface area contributed by atoms with E-state index in [9.17, 15) is 4.79 Å². The minimum atomic E-state index is -0.397. The van der Waals surface area contributed by atoms with Crippen LogP contribution in [0.25, 0.3) is 0 Å². The molecule has 0 aliphatic heterocycles. The molecule has 0 rings (SSSR count). The molecule has 0 radical (unpaired) electrons. The molecule has 3 nitrogen and oxygen atoms in total. The first-order chi connectivity index (χ1) is 6.63. The number of rotatable bonds is 6. The fourth-order valence-corrected chi connectivity index (χ4v) is 1.03. The van der Waals surface area contributed by atoms with Crippen molar-refractivity contribution in [2.45, 2.75) is 39.2 Å². The molecule has 0 spiro atoms. The zero-order valence-corrected chi connectivity index (χ0v) is 9.05. The van der Waals surface area contributed by atoms with Gasteiger partial charge in [0.25, 0.3) is 0 Å². The quantitative estimate of drug-likeness (QED) is 0.489. The summed E-state index contributed by atoms with van der Waals surface area (Å²) in [5.41, 5.74) is 5.73. The first-order valence-corrected chi connectivity index (χ1v) is 5.10. The molecule has 0 aromatic rings. The summed E-state index contributed by atoms with van der Waals surface area (Å²) in [4.78, 5) is 11.4. The average molecular weight is 196 g/mol. The van der Waals surface area contributed by atoms with Crippen LogP contribution in [0.5, 0.6) is 0 Å². The van der Waals surface area contributed by atoms with E-state index in [-0.39, 0.29) is 11.8 Å². The highest BCUT2D eigenvalue weighted by Gasteiger charge is 2.18. The van der Waals surface area contributed by atoms with Gasteiger partial charge in [-0.1, -0.05) is 20.3 Å². The molecule has 1 unspecified atom stereocenters. The van der Waals surface area contributed by atoms with Crippen LogP contribution in [-0.2, 0) is 4.79 Å². The molecular weight excluding hydrogens is 176 g/mol. The molecule has 2 atom stereocenters. The number of hydrogen-bond donors (Lipinski definition) is 2. The van der Waals surface area contributed by atoms with Crippen molar-refractivity contribution in [1.29, 1.82) is 0 Å². The average Bonchev–Trinajstić information content (AvgIpc) is 2.21. The van der Waals surface area contributed by atoms with Crippen molar-refractivity contribution in [3.8, 4) is 12.3 Å². The number of carbonyl (C=O) groups excluding carboxylic acids is 1. The lowest BCUT2D eigenvalue weighted by molar-refractivity contribution is -0.123. The highest BCUT2D eigenvalue weighted by Crippen LogP contribution is 2.04. The second-order valence-corrected chi connectivity index (χ2v) is 3.51. The van der Waals surface area contributed by atoms with E-state index in [2.05, 4.69) is 11.2 Å². The van der Waals surface area contributed by atoms with Crippen LogP contribution >= 0.6 is 0 Å². The van der Waals surface area contributed by atoms with Crippen LogP contribution in [0, 0.1) is 18.3 Å². The van der Waals surface area contributed by atoms with E-state index >= 15 is 0 Å². The Balaban J connectivity index is 3.68. The smallest absolute Gasteiger partial charge is 0.237 e. The largest absolute Gasteiger partial charge is 0.355 e. The predicted octanol–water partition coefficient (Wildman–Crippen LogP) is 0.889. The van der Waals surface area contributed by atoms with Crippen LogP contribution < -0.4 is 11.1 Å². The number of unbranched alkanes of at least 4 members (excludes halogenated alkanes) is 1. The third kappa shape index (κ3) is 4.88. The van der Waals surface area contributed by atoms with Gasteiger partial charge in [-0.2, -0.15) is 0 Å². The summed E-state index contributed by atoms with van der Waals surface area (Å²) < 4.78 is 0. The number of carbonyl (C=O) groups is 1. The Morgan fingerprint density at radius 2 is 2.29 bits per heavy atom. The zero-order chi connectivity index (χ0) is 11.0. The van der Waals surface area contributed by atoms with Gasteiger partial charge in [0.05, 0.1) is 6.04 Å². The number of hydrogen-bond acceptors (Lipinski definition) is 2. The summed E-state index contributed by atoms with van der Waals surface area (Å²) in [6.07, 6.45) is 7.51. The van der Waals surface area contributed by atoms with E-state index in [0.717, 1.165) is 12.8 Å². The van der Waals surface area contributed by atoms with Gasteiger partial charge < -0.3 is 11.1 Å². The number of nitrogens with two attached hydrogens (primary N) is 1. The molecule has 1 amide bonds. The molecule has 0 aliphatic rings. The fourth-order valence-electron chi connectivity index (χ4n) is 1.03. The normalized spacial score (nSPS) is 14.1. The van der Waals surface area contributed by atoms with Crippen LogP contribution in [0.15, 0.2) is 0 Å². The summed E-state index contributed by atoms with van der Waals surface area (Å²) in [5, 5.41) is 2.77. The van der Waals surface area contributed by atoms with Gasteiger partial charge in [-0.15, -0.1) is 12.3 Å². The number of amides is 1.